The minimum atomic E-state index is 0.611. The maximum absolute atomic E-state index is 5.53. The van der Waals surface area contributed by atoms with Gasteiger partial charge in [-0.05, 0) is 30.9 Å². The van der Waals surface area contributed by atoms with Gasteiger partial charge in [0, 0.05) is 18.8 Å². The molecule has 1 N–H and O–H groups in total. The van der Waals surface area contributed by atoms with Crippen LogP contribution in [-0.2, 0) is 4.74 Å². The van der Waals surface area contributed by atoms with Gasteiger partial charge < -0.3 is 10.1 Å². The zero-order chi connectivity index (χ0) is 12.0. The van der Waals surface area contributed by atoms with Crippen molar-refractivity contribution in [3.63, 3.8) is 0 Å². The molecule has 0 saturated carbocycles. The van der Waals surface area contributed by atoms with Crippen LogP contribution >= 0.6 is 0 Å². The Bertz CT molecular complexity index is 300. The summed E-state index contributed by atoms with van der Waals surface area (Å²) in [7, 11) is 0. The fraction of sp³-hybridized carbons (Fsp3) is 0.571. The van der Waals surface area contributed by atoms with Gasteiger partial charge in [-0.25, -0.2) is 0 Å². The quantitative estimate of drug-likeness (QED) is 0.743. The number of aryl methyl sites for hydroxylation is 2. The highest BCUT2D eigenvalue weighted by atomic mass is 16.5. The molecule has 0 bridgehead atoms. The van der Waals surface area contributed by atoms with Crippen LogP contribution in [0.15, 0.2) is 18.2 Å². The molecule has 2 nitrogen and oxygen atoms in total. The lowest BCUT2D eigenvalue weighted by atomic mass is 10.1. The molecule has 0 saturated heterocycles. The Hall–Kier alpha value is -1.02. The van der Waals surface area contributed by atoms with E-state index in [0.717, 1.165) is 19.8 Å². The van der Waals surface area contributed by atoms with Crippen LogP contribution in [0.25, 0.3) is 0 Å². The summed E-state index contributed by atoms with van der Waals surface area (Å²) in [5.41, 5.74) is 3.84. The second kappa shape index (κ2) is 6.54. The third kappa shape index (κ3) is 4.23. The largest absolute Gasteiger partial charge is 0.382 e. The fourth-order valence-corrected chi connectivity index (χ4v) is 1.66. The number of nitrogens with one attached hydrogen (secondary N) is 1. The summed E-state index contributed by atoms with van der Waals surface area (Å²) in [6.45, 7) is 11.1. The molecule has 90 valence electrons. The fourth-order valence-electron chi connectivity index (χ4n) is 1.66. The van der Waals surface area contributed by atoms with Gasteiger partial charge in [0.1, 0.15) is 0 Å². The normalized spacial score (nSPS) is 10.8. The van der Waals surface area contributed by atoms with E-state index in [2.05, 4.69) is 51.2 Å². The average Bonchev–Trinajstić information content (AvgIpc) is 2.21. The predicted octanol–water partition coefficient (Wildman–Crippen LogP) is 3.39. The van der Waals surface area contributed by atoms with Gasteiger partial charge >= 0.3 is 0 Å². The van der Waals surface area contributed by atoms with Gasteiger partial charge in [-0.15, -0.1) is 0 Å². The second-order valence-corrected chi connectivity index (χ2v) is 4.66. The van der Waals surface area contributed by atoms with Crippen LogP contribution in [0, 0.1) is 19.8 Å². The minimum Gasteiger partial charge on any atom is -0.382 e. The lowest BCUT2D eigenvalue weighted by molar-refractivity contribution is 0.118. The molecule has 1 aromatic rings. The first kappa shape index (κ1) is 13.0. The number of rotatable bonds is 6. The topological polar surface area (TPSA) is 21.3 Å². The molecule has 0 aliphatic heterocycles. The third-order valence-corrected chi connectivity index (χ3v) is 2.48. The van der Waals surface area contributed by atoms with Crippen LogP contribution in [0.3, 0.4) is 0 Å². The van der Waals surface area contributed by atoms with Crippen molar-refractivity contribution in [1.82, 2.24) is 0 Å². The summed E-state index contributed by atoms with van der Waals surface area (Å²) in [5, 5.41) is 3.43. The van der Waals surface area contributed by atoms with Crippen molar-refractivity contribution in [3.8, 4) is 0 Å². The molecule has 16 heavy (non-hydrogen) atoms. The molecule has 0 radical (unpaired) electrons. The molecular formula is C14H23NO. The lowest BCUT2D eigenvalue weighted by Crippen LogP contribution is -2.13. The molecule has 2 heteroatoms. The summed E-state index contributed by atoms with van der Waals surface area (Å²) in [6, 6.07) is 6.35. The van der Waals surface area contributed by atoms with Crippen LogP contribution in [0.4, 0.5) is 5.69 Å². The van der Waals surface area contributed by atoms with Gasteiger partial charge in [-0.1, -0.05) is 32.0 Å². The Morgan fingerprint density at radius 1 is 1.19 bits per heavy atom. The van der Waals surface area contributed by atoms with E-state index in [-0.39, 0.29) is 0 Å². The van der Waals surface area contributed by atoms with E-state index in [1.807, 2.05) is 0 Å². The smallest absolute Gasteiger partial charge is 0.0639 e. The summed E-state index contributed by atoms with van der Waals surface area (Å²) in [6.07, 6.45) is 0. The van der Waals surface area contributed by atoms with Gasteiger partial charge in [0.2, 0.25) is 0 Å². The molecule has 0 amide bonds. The van der Waals surface area contributed by atoms with Crippen molar-refractivity contribution in [2.75, 3.05) is 25.1 Å². The molecule has 1 rings (SSSR count). The maximum Gasteiger partial charge on any atom is 0.0639 e. The summed E-state index contributed by atoms with van der Waals surface area (Å²) in [4.78, 5) is 0. The van der Waals surface area contributed by atoms with Gasteiger partial charge in [-0.2, -0.15) is 0 Å². The van der Waals surface area contributed by atoms with E-state index in [0.29, 0.717) is 5.92 Å². The van der Waals surface area contributed by atoms with Crippen LogP contribution < -0.4 is 5.32 Å². The van der Waals surface area contributed by atoms with Gasteiger partial charge in [-0.3, -0.25) is 0 Å². The summed E-state index contributed by atoms with van der Waals surface area (Å²) < 4.78 is 5.53. The van der Waals surface area contributed by atoms with Crippen molar-refractivity contribution in [1.29, 1.82) is 0 Å². The molecule has 0 spiro atoms. The molecule has 0 atom stereocenters. The Morgan fingerprint density at radius 2 is 1.81 bits per heavy atom. The molecule has 0 aromatic heterocycles. The van der Waals surface area contributed by atoms with Gasteiger partial charge in [0.25, 0.3) is 0 Å². The number of hydrogen-bond donors (Lipinski definition) is 1. The Kier molecular flexibility index (Phi) is 5.33. The standard InChI is InChI=1S/C14H23NO/c1-11(2)10-16-9-8-15-14-12(3)6-5-7-13(14)4/h5-7,11,15H,8-10H2,1-4H3. The molecule has 0 unspecified atom stereocenters. The van der Waals surface area contributed by atoms with Crippen LogP contribution in [-0.4, -0.2) is 19.8 Å². The highest BCUT2D eigenvalue weighted by Gasteiger charge is 2.00. The van der Waals surface area contributed by atoms with E-state index in [1.54, 1.807) is 0 Å². The Morgan fingerprint density at radius 3 is 2.38 bits per heavy atom. The van der Waals surface area contributed by atoms with E-state index in [1.165, 1.54) is 16.8 Å². The van der Waals surface area contributed by atoms with E-state index in [4.69, 9.17) is 4.74 Å². The van der Waals surface area contributed by atoms with Crippen LogP contribution in [0.2, 0.25) is 0 Å². The van der Waals surface area contributed by atoms with Crippen molar-refractivity contribution < 1.29 is 4.74 Å². The zero-order valence-corrected chi connectivity index (χ0v) is 10.8. The molecule has 0 aliphatic rings. The van der Waals surface area contributed by atoms with Crippen LogP contribution in [0.1, 0.15) is 25.0 Å². The third-order valence-electron chi connectivity index (χ3n) is 2.48. The van der Waals surface area contributed by atoms with Crippen molar-refractivity contribution in [2.45, 2.75) is 27.7 Å². The first-order valence-electron chi connectivity index (χ1n) is 5.99. The summed E-state index contributed by atoms with van der Waals surface area (Å²) in [5.74, 6) is 0.611. The zero-order valence-electron chi connectivity index (χ0n) is 10.8. The second-order valence-electron chi connectivity index (χ2n) is 4.66. The molecular weight excluding hydrogens is 198 g/mol. The first-order valence-corrected chi connectivity index (χ1v) is 5.99. The van der Waals surface area contributed by atoms with Crippen molar-refractivity contribution in [3.05, 3.63) is 29.3 Å². The monoisotopic (exact) mass is 221 g/mol. The number of anilines is 1. The van der Waals surface area contributed by atoms with Gasteiger partial charge in [0.05, 0.1) is 6.61 Å². The predicted molar refractivity (Wildman–Crippen MR) is 70.1 cm³/mol. The van der Waals surface area contributed by atoms with E-state index < -0.39 is 0 Å². The van der Waals surface area contributed by atoms with Crippen molar-refractivity contribution >= 4 is 5.69 Å². The SMILES string of the molecule is Cc1cccc(C)c1NCCOCC(C)C. The number of ether oxygens (including phenoxy) is 1. The van der Waals surface area contributed by atoms with Crippen LogP contribution in [0.5, 0.6) is 0 Å². The molecule has 1 aromatic carbocycles. The molecule has 0 aliphatic carbocycles. The van der Waals surface area contributed by atoms with E-state index >= 15 is 0 Å². The number of para-hydroxylation sites is 1. The molecule has 0 fully saturated rings. The maximum atomic E-state index is 5.53. The average molecular weight is 221 g/mol. The Balaban J connectivity index is 2.32. The minimum absolute atomic E-state index is 0.611. The lowest BCUT2D eigenvalue weighted by Gasteiger charge is -2.13. The Labute approximate surface area is 99.0 Å². The molecule has 0 heterocycles. The summed E-state index contributed by atoms with van der Waals surface area (Å²) >= 11 is 0. The highest BCUT2D eigenvalue weighted by molar-refractivity contribution is 5.56. The number of benzene rings is 1. The number of hydrogen-bond acceptors (Lipinski definition) is 2. The highest BCUT2D eigenvalue weighted by Crippen LogP contribution is 2.18. The van der Waals surface area contributed by atoms with E-state index in [9.17, 15) is 0 Å². The first-order chi connectivity index (χ1) is 7.61. The van der Waals surface area contributed by atoms with Crippen molar-refractivity contribution in [2.24, 2.45) is 5.92 Å². The van der Waals surface area contributed by atoms with Gasteiger partial charge in [0.15, 0.2) is 0 Å².